The Bertz CT molecular complexity index is 528. The fourth-order valence-corrected chi connectivity index (χ4v) is 3.93. The van der Waals surface area contributed by atoms with Crippen molar-refractivity contribution in [3.63, 3.8) is 0 Å². The molecule has 1 N–H and O–H groups in total. The predicted molar refractivity (Wildman–Crippen MR) is 83.7 cm³/mol. The van der Waals surface area contributed by atoms with Gasteiger partial charge in [0.1, 0.15) is 13.2 Å². The average molecular weight is 340 g/mol. The van der Waals surface area contributed by atoms with E-state index in [9.17, 15) is 0 Å². The van der Waals surface area contributed by atoms with Gasteiger partial charge in [-0.2, -0.15) is 0 Å². The molecule has 1 atom stereocenters. The molecule has 0 saturated carbocycles. The van der Waals surface area contributed by atoms with E-state index in [1.54, 1.807) is 0 Å². The van der Waals surface area contributed by atoms with Gasteiger partial charge in [-0.05, 0) is 43.4 Å². The number of hydrogen-bond donors (Lipinski definition) is 1. The number of nitrogens with one attached hydrogen (secondary N) is 1. The fraction of sp³-hybridized carbons (Fsp3) is 0.625. The van der Waals surface area contributed by atoms with E-state index in [1.807, 2.05) is 7.05 Å². The topological polar surface area (TPSA) is 30.5 Å². The van der Waals surface area contributed by atoms with Crippen LogP contribution in [0, 0.1) is 5.41 Å². The summed E-state index contributed by atoms with van der Waals surface area (Å²) in [4.78, 5) is 0. The normalized spacial score (nSPS) is 23.9. The van der Waals surface area contributed by atoms with Crippen molar-refractivity contribution in [3.8, 4) is 11.5 Å². The van der Waals surface area contributed by atoms with Crippen molar-refractivity contribution in [2.45, 2.75) is 39.2 Å². The van der Waals surface area contributed by atoms with Gasteiger partial charge in [0.2, 0.25) is 0 Å². The molecule has 0 fully saturated rings. The molecule has 4 heteroatoms. The zero-order chi connectivity index (χ0) is 14.3. The standard InChI is InChI=1S/C16H22BrNO2/c1-16(2)5-4-10-11(17)8-13-15(20-7-6-19-13)14(10)12(9-16)18-3/h8,12,18H,4-7,9H2,1-3H3. The minimum atomic E-state index is 0.315. The van der Waals surface area contributed by atoms with E-state index < -0.39 is 0 Å². The van der Waals surface area contributed by atoms with Gasteiger partial charge in [-0.1, -0.05) is 29.8 Å². The van der Waals surface area contributed by atoms with Crippen LogP contribution in [0.4, 0.5) is 0 Å². The third-order valence-corrected chi connectivity index (χ3v) is 5.14. The molecule has 1 aliphatic heterocycles. The molecule has 1 aromatic carbocycles. The molecule has 3 rings (SSSR count). The van der Waals surface area contributed by atoms with E-state index in [-0.39, 0.29) is 0 Å². The summed E-state index contributed by atoms with van der Waals surface area (Å²) in [6, 6.07) is 2.38. The minimum Gasteiger partial charge on any atom is -0.486 e. The van der Waals surface area contributed by atoms with Gasteiger partial charge in [0.05, 0.1) is 0 Å². The van der Waals surface area contributed by atoms with E-state index in [2.05, 4.69) is 41.2 Å². The van der Waals surface area contributed by atoms with Crippen molar-refractivity contribution in [2.24, 2.45) is 5.41 Å². The first-order chi connectivity index (χ1) is 9.52. The summed E-state index contributed by atoms with van der Waals surface area (Å²) in [6.07, 6.45) is 3.39. The first-order valence-electron chi connectivity index (χ1n) is 7.30. The van der Waals surface area contributed by atoms with Crippen molar-refractivity contribution >= 4 is 15.9 Å². The maximum Gasteiger partial charge on any atom is 0.166 e. The highest BCUT2D eigenvalue weighted by molar-refractivity contribution is 9.10. The molecule has 0 amide bonds. The Balaban J connectivity index is 2.16. The Morgan fingerprint density at radius 1 is 1.30 bits per heavy atom. The predicted octanol–water partition coefficient (Wildman–Crippen LogP) is 3.84. The number of hydrogen-bond acceptors (Lipinski definition) is 3. The Morgan fingerprint density at radius 2 is 2.05 bits per heavy atom. The highest BCUT2D eigenvalue weighted by atomic mass is 79.9. The van der Waals surface area contributed by atoms with Gasteiger partial charge in [0.25, 0.3) is 0 Å². The zero-order valence-corrected chi connectivity index (χ0v) is 14.0. The number of benzene rings is 1. The molecule has 20 heavy (non-hydrogen) atoms. The van der Waals surface area contributed by atoms with Gasteiger partial charge in [-0.15, -0.1) is 0 Å². The van der Waals surface area contributed by atoms with Crippen molar-refractivity contribution < 1.29 is 9.47 Å². The minimum absolute atomic E-state index is 0.315. The van der Waals surface area contributed by atoms with E-state index in [4.69, 9.17) is 9.47 Å². The van der Waals surface area contributed by atoms with E-state index in [0.717, 1.165) is 28.8 Å². The second-order valence-corrected chi connectivity index (χ2v) is 7.34. The molecule has 1 unspecified atom stereocenters. The lowest BCUT2D eigenvalue weighted by Crippen LogP contribution is -2.25. The molecule has 0 aromatic heterocycles. The molecule has 0 spiro atoms. The summed E-state index contributed by atoms with van der Waals surface area (Å²) in [7, 11) is 2.03. The van der Waals surface area contributed by atoms with Crippen LogP contribution >= 0.6 is 15.9 Å². The summed E-state index contributed by atoms with van der Waals surface area (Å²) >= 11 is 3.73. The van der Waals surface area contributed by atoms with Crippen LogP contribution in [0.2, 0.25) is 0 Å². The molecule has 110 valence electrons. The number of halogens is 1. The number of ether oxygens (including phenoxy) is 2. The molecule has 0 saturated heterocycles. The Hall–Kier alpha value is -0.740. The number of rotatable bonds is 1. The third-order valence-electron chi connectivity index (χ3n) is 4.43. The van der Waals surface area contributed by atoms with E-state index in [0.29, 0.717) is 24.7 Å². The summed E-state index contributed by atoms with van der Waals surface area (Å²) in [5.74, 6) is 1.83. The summed E-state index contributed by atoms with van der Waals surface area (Å²) in [6.45, 7) is 5.97. The van der Waals surface area contributed by atoms with Crippen LogP contribution in [0.1, 0.15) is 43.9 Å². The number of fused-ring (bicyclic) bond motifs is 3. The summed E-state index contributed by atoms with van der Waals surface area (Å²) < 4.78 is 12.9. The molecular formula is C16H22BrNO2. The quantitative estimate of drug-likeness (QED) is 0.788. The fourth-order valence-electron chi connectivity index (χ4n) is 3.31. The lowest BCUT2D eigenvalue weighted by Gasteiger charge is -2.29. The maximum absolute atomic E-state index is 5.95. The van der Waals surface area contributed by atoms with Gasteiger partial charge in [-0.3, -0.25) is 0 Å². The van der Waals surface area contributed by atoms with Gasteiger partial charge in [0.15, 0.2) is 11.5 Å². The van der Waals surface area contributed by atoms with Crippen LogP contribution in [0.5, 0.6) is 11.5 Å². The lowest BCUT2D eigenvalue weighted by atomic mass is 9.83. The van der Waals surface area contributed by atoms with Crippen LogP contribution < -0.4 is 14.8 Å². The van der Waals surface area contributed by atoms with Gasteiger partial charge in [-0.25, -0.2) is 0 Å². The monoisotopic (exact) mass is 339 g/mol. The Labute approximate surface area is 129 Å². The van der Waals surface area contributed by atoms with Crippen LogP contribution in [0.15, 0.2) is 10.5 Å². The van der Waals surface area contributed by atoms with E-state index in [1.165, 1.54) is 17.5 Å². The summed E-state index contributed by atoms with van der Waals surface area (Å²) in [5.41, 5.74) is 3.00. The third kappa shape index (κ3) is 2.44. The molecular weight excluding hydrogens is 318 g/mol. The second-order valence-electron chi connectivity index (χ2n) is 6.48. The smallest absolute Gasteiger partial charge is 0.166 e. The van der Waals surface area contributed by atoms with Gasteiger partial charge >= 0.3 is 0 Å². The molecule has 1 aliphatic carbocycles. The van der Waals surface area contributed by atoms with Crippen molar-refractivity contribution in [3.05, 3.63) is 21.7 Å². The van der Waals surface area contributed by atoms with Crippen molar-refractivity contribution in [1.82, 2.24) is 5.32 Å². The largest absolute Gasteiger partial charge is 0.486 e. The second kappa shape index (κ2) is 5.23. The zero-order valence-electron chi connectivity index (χ0n) is 12.4. The van der Waals surface area contributed by atoms with Crippen molar-refractivity contribution in [1.29, 1.82) is 0 Å². The van der Waals surface area contributed by atoms with E-state index >= 15 is 0 Å². The van der Waals surface area contributed by atoms with Gasteiger partial charge in [0, 0.05) is 16.1 Å². The highest BCUT2D eigenvalue weighted by Crippen LogP contribution is 2.49. The van der Waals surface area contributed by atoms with Crippen LogP contribution in [-0.2, 0) is 6.42 Å². The maximum atomic E-state index is 5.95. The van der Waals surface area contributed by atoms with Crippen LogP contribution in [0.25, 0.3) is 0 Å². The molecule has 3 nitrogen and oxygen atoms in total. The van der Waals surface area contributed by atoms with Crippen LogP contribution in [-0.4, -0.2) is 20.3 Å². The molecule has 0 radical (unpaired) electrons. The molecule has 0 bridgehead atoms. The first kappa shape index (κ1) is 14.2. The summed E-state index contributed by atoms with van der Waals surface area (Å²) in [5, 5.41) is 3.48. The lowest BCUT2D eigenvalue weighted by molar-refractivity contribution is 0.167. The SMILES string of the molecule is CNC1CC(C)(C)CCc2c(Br)cc3c(c21)OCCO3. The van der Waals surface area contributed by atoms with Gasteiger partial charge < -0.3 is 14.8 Å². The van der Waals surface area contributed by atoms with Crippen LogP contribution in [0.3, 0.4) is 0 Å². The molecule has 1 aromatic rings. The Kier molecular flexibility index (Phi) is 3.71. The highest BCUT2D eigenvalue weighted by Gasteiger charge is 2.34. The molecule has 2 aliphatic rings. The Morgan fingerprint density at radius 3 is 2.80 bits per heavy atom. The van der Waals surface area contributed by atoms with Crippen molar-refractivity contribution in [2.75, 3.05) is 20.3 Å². The first-order valence-corrected chi connectivity index (χ1v) is 8.09. The molecule has 1 heterocycles. The average Bonchev–Trinajstić information content (AvgIpc) is 2.55.